The van der Waals surface area contributed by atoms with Crippen LogP contribution < -0.4 is 24.3 Å². The Kier molecular flexibility index (Phi) is 10.4. The van der Waals surface area contributed by atoms with E-state index in [1.54, 1.807) is 43.5 Å². The number of nitrogens with zero attached hydrogens (tertiary/aromatic N) is 1. The summed E-state index contributed by atoms with van der Waals surface area (Å²) in [5.74, 6) is 1.90. The van der Waals surface area contributed by atoms with Crippen LogP contribution in [-0.2, 0) is 18.0 Å². The van der Waals surface area contributed by atoms with Crippen LogP contribution in [0.3, 0.4) is 0 Å². The van der Waals surface area contributed by atoms with Gasteiger partial charge >= 0.3 is 0 Å². The molecule has 0 heterocycles. The molecule has 8 heteroatoms. The molecule has 0 spiro atoms. The Hall–Kier alpha value is -4.74. The molecule has 0 aromatic heterocycles. The predicted molar refractivity (Wildman–Crippen MR) is 162 cm³/mol. The van der Waals surface area contributed by atoms with E-state index in [9.17, 15) is 10.1 Å². The number of carbonyl (C=O) groups is 1. The highest BCUT2D eigenvalue weighted by atomic mass is 79.9. The Balaban J connectivity index is 1.46. The maximum absolute atomic E-state index is 12.9. The minimum atomic E-state index is -0.529. The summed E-state index contributed by atoms with van der Waals surface area (Å²) in [4.78, 5) is 12.9. The van der Waals surface area contributed by atoms with Gasteiger partial charge in [0.25, 0.3) is 5.91 Å². The molecule has 0 aliphatic heterocycles. The van der Waals surface area contributed by atoms with Crippen molar-refractivity contribution in [1.29, 1.82) is 5.26 Å². The SMILES string of the molecule is CCOc1ccc(NC(=O)/C(C#N)=C/c2cc(Br)ccc2OCc2ccc(OCc3ccccc3)c(OC)c2)cc1. The number of carbonyl (C=O) groups excluding carboxylic acids is 1. The number of halogens is 1. The molecule has 4 aromatic rings. The van der Waals surface area contributed by atoms with Gasteiger partial charge < -0.3 is 24.3 Å². The number of hydrogen-bond donors (Lipinski definition) is 1. The Bertz CT molecular complexity index is 1550. The van der Waals surface area contributed by atoms with Crippen LogP contribution in [-0.4, -0.2) is 19.6 Å². The lowest BCUT2D eigenvalue weighted by Crippen LogP contribution is -2.13. The van der Waals surface area contributed by atoms with Crippen molar-refractivity contribution in [3.05, 3.63) is 118 Å². The van der Waals surface area contributed by atoms with Crippen LogP contribution >= 0.6 is 15.9 Å². The predicted octanol–water partition coefficient (Wildman–Crippen LogP) is 7.56. The first-order valence-electron chi connectivity index (χ1n) is 12.9. The van der Waals surface area contributed by atoms with Gasteiger partial charge in [0.15, 0.2) is 11.5 Å². The smallest absolute Gasteiger partial charge is 0.266 e. The zero-order valence-electron chi connectivity index (χ0n) is 22.7. The number of amides is 1. The number of nitrogens with one attached hydrogen (secondary N) is 1. The second-order valence-electron chi connectivity index (χ2n) is 8.81. The molecule has 208 valence electrons. The van der Waals surface area contributed by atoms with E-state index in [2.05, 4.69) is 21.2 Å². The molecule has 0 saturated carbocycles. The minimum Gasteiger partial charge on any atom is -0.494 e. The Morgan fingerprint density at radius 1 is 0.854 bits per heavy atom. The number of benzene rings is 4. The lowest BCUT2D eigenvalue weighted by Gasteiger charge is -2.14. The van der Waals surface area contributed by atoms with Crippen molar-refractivity contribution in [3.63, 3.8) is 0 Å². The average molecular weight is 614 g/mol. The van der Waals surface area contributed by atoms with Crippen LogP contribution in [0.4, 0.5) is 5.69 Å². The van der Waals surface area contributed by atoms with Crippen LogP contribution in [0.25, 0.3) is 6.08 Å². The lowest BCUT2D eigenvalue weighted by molar-refractivity contribution is -0.112. The summed E-state index contributed by atoms with van der Waals surface area (Å²) < 4.78 is 23.8. The number of hydrogen-bond acceptors (Lipinski definition) is 6. The Morgan fingerprint density at radius 3 is 2.27 bits per heavy atom. The van der Waals surface area contributed by atoms with E-state index in [4.69, 9.17) is 18.9 Å². The van der Waals surface area contributed by atoms with E-state index in [1.807, 2.05) is 67.6 Å². The van der Waals surface area contributed by atoms with E-state index in [0.717, 1.165) is 15.6 Å². The van der Waals surface area contributed by atoms with Crippen LogP contribution in [0.15, 0.2) is 101 Å². The molecule has 1 N–H and O–H groups in total. The third-order valence-electron chi connectivity index (χ3n) is 5.92. The lowest BCUT2D eigenvalue weighted by atomic mass is 10.1. The number of rotatable bonds is 12. The second kappa shape index (κ2) is 14.6. The van der Waals surface area contributed by atoms with E-state index in [1.165, 1.54) is 6.08 Å². The Morgan fingerprint density at radius 2 is 1.56 bits per heavy atom. The molecule has 7 nitrogen and oxygen atoms in total. The summed E-state index contributed by atoms with van der Waals surface area (Å²) in [7, 11) is 1.59. The fourth-order valence-electron chi connectivity index (χ4n) is 3.88. The van der Waals surface area contributed by atoms with Gasteiger partial charge in [0.2, 0.25) is 0 Å². The van der Waals surface area contributed by atoms with Gasteiger partial charge in [0.05, 0.1) is 13.7 Å². The number of anilines is 1. The van der Waals surface area contributed by atoms with Crippen LogP contribution in [0.5, 0.6) is 23.0 Å². The first-order valence-corrected chi connectivity index (χ1v) is 13.7. The van der Waals surface area contributed by atoms with E-state index < -0.39 is 5.91 Å². The molecule has 4 aromatic carbocycles. The zero-order valence-corrected chi connectivity index (χ0v) is 24.3. The van der Waals surface area contributed by atoms with Gasteiger partial charge in [0, 0.05) is 15.7 Å². The van der Waals surface area contributed by atoms with Gasteiger partial charge in [-0.05, 0) is 78.7 Å². The van der Waals surface area contributed by atoms with Gasteiger partial charge in [-0.25, -0.2) is 0 Å². The highest BCUT2D eigenvalue weighted by Gasteiger charge is 2.13. The molecule has 0 bridgehead atoms. The first kappa shape index (κ1) is 29.2. The fourth-order valence-corrected chi connectivity index (χ4v) is 4.26. The molecular formula is C33H29BrN2O5. The largest absolute Gasteiger partial charge is 0.494 e. The summed E-state index contributed by atoms with van der Waals surface area (Å²) in [6.07, 6.45) is 1.51. The molecule has 1 amide bonds. The van der Waals surface area contributed by atoms with Crippen molar-refractivity contribution in [1.82, 2.24) is 0 Å². The summed E-state index contributed by atoms with van der Waals surface area (Å²) in [5.41, 5.74) is 2.98. The highest BCUT2D eigenvalue weighted by molar-refractivity contribution is 9.10. The summed E-state index contributed by atoms with van der Waals surface area (Å²) in [5, 5.41) is 12.5. The Labute approximate surface area is 248 Å². The summed E-state index contributed by atoms with van der Waals surface area (Å²) in [6, 6.07) is 29.9. The second-order valence-corrected chi connectivity index (χ2v) is 9.73. The van der Waals surface area contributed by atoms with Gasteiger partial charge in [-0.1, -0.05) is 52.3 Å². The van der Waals surface area contributed by atoms with E-state index in [-0.39, 0.29) is 12.2 Å². The van der Waals surface area contributed by atoms with Crippen molar-refractivity contribution < 1.29 is 23.7 Å². The van der Waals surface area contributed by atoms with Gasteiger partial charge in [0.1, 0.15) is 36.4 Å². The number of ether oxygens (including phenoxy) is 4. The summed E-state index contributed by atoms with van der Waals surface area (Å²) in [6.45, 7) is 3.11. The van der Waals surface area contributed by atoms with Gasteiger partial charge in [-0.2, -0.15) is 5.26 Å². The van der Waals surface area contributed by atoms with Gasteiger partial charge in [-0.15, -0.1) is 0 Å². The van der Waals surface area contributed by atoms with Gasteiger partial charge in [-0.3, -0.25) is 4.79 Å². The van der Waals surface area contributed by atoms with E-state index >= 15 is 0 Å². The van der Waals surface area contributed by atoms with Crippen molar-refractivity contribution in [2.24, 2.45) is 0 Å². The molecule has 0 unspecified atom stereocenters. The molecule has 4 rings (SSSR count). The van der Waals surface area contributed by atoms with Crippen molar-refractivity contribution >= 4 is 33.6 Å². The van der Waals surface area contributed by atoms with Crippen molar-refractivity contribution in [2.75, 3.05) is 19.0 Å². The molecule has 0 saturated heterocycles. The first-order chi connectivity index (χ1) is 20.0. The summed E-state index contributed by atoms with van der Waals surface area (Å²) >= 11 is 3.46. The minimum absolute atomic E-state index is 0.0663. The molecule has 0 aliphatic carbocycles. The molecule has 0 aliphatic rings. The zero-order chi connectivity index (χ0) is 29.0. The maximum Gasteiger partial charge on any atom is 0.266 e. The monoisotopic (exact) mass is 612 g/mol. The van der Waals surface area contributed by atoms with Crippen molar-refractivity contribution in [2.45, 2.75) is 20.1 Å². The third kappa shape index (κ3) is 8.37. The highest BCUT2D eigenvalue weighted by Crippen LogP contribution is 2.31. The number of nitriles is 1. The maximum atomic E-state index is 12.9. The molecule has 0 atom stereocenters. The number of methoxy groups -OCH3 is 1. The van der Waals surface area contributed by atoms with Crippen LogP contribution in [0.2, 0.25) is 0 Å². The standard InChI is InChI=1S/C33H29BrN2O5/c1-3-39-29-13-11-28(12-14-29)36-33(37)26(20-35)18-25-19-27(34)10-16-30(25)40-22-24-9-15-31(32(17-24)38-2)41-21-23-7-5-4-6-8-23/h4-19H,3,21-22H2,1-2H3,(H,36,37)/b26-18+. The normalized spacial score (nSPS) is 10.8. The molecule has 0 radical (unpaired) electrons. The third-order valence-corrected chi connectivity index (χ3v) is 6.41. The molecule has 41 heavy (non-hydrogen) atoms. The van der Waals surface area contributed by atoms with Crippen molar-refractivity contribution in [3.8, 4) is 29.1 Å². The molecular weight excluding hydrogens is 584 g/mol. The van der Waals surface area contributed by atoms with Crippen LogP contribution in [0.1, 0.15) is 23.6 Å². The average Bonchev–Trinajstić information content (AvgIpc) is 3.00. The fraction of sp³-hybridized carbons (Fsp3) is 0.152. The van der Waals surface area contributed by atoms with Crippen LogP contribution in [0, 0.1) is 11.3 Å². The van der Waals surface area contributed by atoms with E-state index in [0.29, 0.717) is 47.5 Å². The quantitative estimate of drug-likeness (QED) is 0.131. The molecule has 0 fully saturated rings. The topological polar surface area (TPSA) is 89.8 Å².